The number of amides is 2. The largest absolute Gasteiger partial charge is 0.391 e. The molecule has 2 N–H and O–H groups in total. The Hall–Kier alpha value is -3.42. The number of hydrogen-bond acceptors (Lipinski definition) is 7. The molecule has 0 spiro atoms. The molecule has 3 aliphatic rings. The van der Waals surface area contributed by atoms with Crippen molar-refractivity contribution in [2.75, 3.05) is 19.6 Å². The molecule has 14 heteroatoms. The quantitative estimate of drug-likeness (QED) is 0.471. The van der Waals surface area contributed by atoms with Crippen LogP contribution in [0.25, 0.3) is 5.57 Å². The van der Waals surface area contributed by atoms with Crippen LogP contribution in [0, 0.1) is 5.82 Å². The number of aliphatic imine (C=N–C) groups is 1. The number of nitrogens with zero attached hydrogens (tertiary/aromatic N) is 6. The van der Waals surface area contributed by atoms with Gasteiger partial charge < -0.3 is 20.2 Å². The molecule has 2 saturated heterocycles. The van der Waals surface area contributed by atoms with Crippen LogP contribution in [0.15, 0.2) is 52.7 Å². The van der Waals surface area contributed by atoms with Gasteiger partial charge in [-0.1, -0.05) is 17.7 Å². The van der Waals surface area contributed by atoms with Crippen molar-refractivity contribution in [3.63, 3.8) is 0 Å². The maximum Gasteiger partial charge on any atom is 0.333 e. The van der Waals surface area contributed by atoms with Crippen LogP contribution in [0.4, 0.5) is 18.0 Å². The number of nitrogens with one attached hydrogen (secondary N) is 1. The molecule has 0 saturated carbocycles. The minimum absolute atomic E-state index is 0.137. The van der Waals surface area contributed by atoms with Gasteiger partial charge in [0, 0.05) is 65.7 Å². The van der Waals surface area contributed by atoms with Crippen LogP contribution >= 0.6 is 22.9 Å². The zero-order chi connectivity index (χ0) is 27.3. The standard InChI is InChI=1S/C25H23ClF3N7O2S/c26-17-9-13(27)1-2-16(17)21-20(18-4-7-36(33-18)24(28)29)19-10-14(31-25(38)34-6-3-15(37)12-34)11-35(19)22(32-21)23-30-5-8-39-23/h1-2,4-5,7-9,14-15,21,24,37H,3,6,10-12H2,(H,31,38)/t14-,15+,21-/m0/s1. The number of rotatable bonds is 5. The first kappa shape index (κ1) is 25.8. The van der Waals surface area contributed by atoms with E-state index in [0.29, 0.717) is 52.6 Å². The van der Waals surface area contributed by atoms with E-state index in [-0.39, 0.29) is 29.3 Å². The Morgan fingerprint density at radius 3 is 2.77 bits per heavy atom. The Balaban J connectivity index is 1.45. The highest BCUT2D eigenvalue weighted by atomic mass is 35.5. The number of carbonyl (C=O) groups is 1. The van der Waals surface area contributed by atoms with Crippen molar-refractivity contribution in [3.05, 3.63) is 74.8 Å². The molecule has 6 rings (SSSR count). The van der Waals surface area contributed by atoms with Crippen molar-refractivity contribution in [2.45, 2.75) is 37.6 Å². The second-order valence-corrected chi connectivity index (χ2v) is 10.8. The van der Waals surface area contributed by atoms with Crippen LogP contribution in [0.1, 0.15) is 41.7 Å². The van der Waals surface area contributed by atoms with E-state index in [1.807, 2.05) is 10.3 Å². The van der Waals surface area contributed by atoms with Gasteiger partial charge in [0.15, 0.2) is 10.8 Å². The number of hydrogen-bond donors (Lipinski definition) is 2. The number of aliphatic hydroxyl groups excluding tert-OH is 1. The van der Waals surface area contributed by atoms with E-state index in [2.05, 4.69) is 15.4 Å². The molecule has 3 atom stereocenters. The van der Waals surface area contributed by atoms with E-state index in [1.54, 1.807) is 11.1 Å². The third-order valence-electron chi connectivity index (χ3n) is 7.00. The normalized spacial score (nSPS) is 23.0. The SMILES string of the molecule is O=C(N[C@H]1CC2=C(c3ccn(C(F)F)n3)[C@H](c3ccc(F)cc3Cl)N=C(c3nccs3)N2C1)N1CC[C@@H](O)C1. The highest BCUT2D eigenvalue weighted by molar-refractivity contribution is 7.11. The number of aliphatic hydroxyl groups is 1. The van der Waals surface area contributed by atoms with Crippen molar-refractivity contribution in [1.82, 2.24) is 29.9 Å². The number of likely N-dealkylation sites (tertiary alicyclic amines) is 1. The number of alkyl halides is 2. The van der Waals surface area contributed by atoms with Crippen LogP contribution < -0.4 is 5.32 Å². The van der Waals surface area contributed by atoms with Crippen molar-refractivity contribution in [1.29, 1.82) is 0 Å². The van der Waals surface area contributed by atoms with Gasteiger partial charge in [0.05, 0.1) is 17.8 Å². The lowest BCUT2D eigenvalue weighted by Gasteiger charge is -2.32. The second-order valence-electron chi connectivity index (χ2n) is 9.53. The lowest BCUT2D eigenvalue weighted by molar-refractivity contribution is 0.0564. The molecule has 3 aromatic rings. The van der Waals surface area contributed by atoms with Crippen LogP contribution in [0.3, 0.4) is 0 Å². The Morgan fingerprint density at radius 1 is 1.26 bits per heavy atom. The first-order valence-electron chi connectivity index (χ1n) is 12.3. The molecule has 2 aromatic heterocycles. The Morgan fingerprint density at radius 2 is 2.10 bits per heavy atom. The molecular weight excluding hydrogens is 555 g/mol. The van der Waals surface area contributed by atoms with E-state index in [9.17, 15) is 23.1 Å². The smallest absolute Gasteiger partial charge is 0.333 e. The van der Waals surface area contributed by atoms with E-state index in [1.165, 1.54) is 41.8 Å². The fourth-order valence-electron chi connectivity index (χ4n) is 5.24. The van der Waals surface area contributed by atoms with Crippen LogP contribution in [0.5, 0.6) is 0 Å². The molecule has 1 aromatic carbocycles. The Labute approximate surface area is 230 Å². The predicted octanol–water partition coefficient (Wildman–Crippen LogP) is 4.29. The summed E-state index contributed by atoms with van der Waals surface area (Å²) in [4.78, 5) is 25.8. The molecule has 0 unspecified atom stereocenters. The van der Waals surface area contributed by atoms with Crippen LogP contribution in [0.2, 0.25) is 5.02 Å². The highest BCUT2D eigenvalue weighted by Crippen LogP contribution is 2.46. The maximum absolute atomic E-state index is 14.0. The zero-order valence-corrected chi connectivity index (χ0v) is 21.9. The first-order chi connectivity index (χ1) is 18.8. The van der Waals surface area contributed by atoms with E-state index in [4.69, 9.17) is 16.6 Å². The highest BCUT2D eigenvalue weighted by Gasteiger charge is 2.42. The maximum atomic E-state index is 14.0. The van der Waals surface area contributed by atoms with Gasteiger partial charge in [0.1, 0.15) is 11.9 Å². The third kappa shape index (κ3) is 4.90. The van der Waals surface area contributed by atoms with E-state index < -0.39 is 24.5 Å². The van der Waals surface area contributed by atoms with Crippen molar-refractivity contribution >= 4 is 40.4 Å². The molecule has 5 heterocycles. The number of fused-ring (bicyclic) bond motifs is 1. The Bertz CT molecular complexity index is 1460. The average molecular weight is 578 g/mol. The monoisotopic (exact) mass is 577 g/mol. The van der Waals surface area contributed by atoms with Gasteiger partial charge in [-0.3, -0.25) is 4.99 Å². The molecule has 2 fully saturated rings. The van der Waals surface area contributed by atoms with Crippen molar-refractivity contribution in [2.24, 2.45) is 4.99 Å². The van der Waals surface area contributed by atoms with Gasteiger partial charge in [-0.15, -0.1) is 11.3 Å². The van der Waals surface area contributed by atoms with E-state index >= 15 is 0 Å². The van der Waals surface area contributed by atoms with Gasteiger partial charge in [0.25, 0.3) is 0 Å². The molecule has 0 radical (unpaired) electrons. The molecule has 204 valence electrons. The molecule has 2 amide bonds. The van der Waals surface area contributed by atoms with E-state index in [0.717, 1.165) is 5.70 Å². The Kier molecular flexibility index (Phi) is 6.81. The molecule has 39 heavy (non-hydrogen) atoms. The van der Waals surface area contributed by atoms with Gasteiger partial charge in [-0.25, -0.2) is 18.9 Å². The number of urea groups is 1. The fourth-order valence-corrected chi connectivity index (χ4v) is 6.15. The zero-order valence-electron chi connectivity index (χ0n) is 20.3. The number of halogens is 4. The predicted molar refractivity (Wildman–Crippen MR) is 139 cm³/mol. The summed E-state index contributed by atoms with van der Waals surface area (Å²) in [6, 6.07) is 4.05. The summed E-state index contributed by atoms with van der Waals surface area (Å²) in [6.45, 7) is -1.76. The molecule has 0 aliphatic carbocycles. The average Bonchev–Trinajstić information content (AvgIpc) is 3.70. The van der Waals surface area contributed by atoms with Gasteiger partial charge in [0.2, 0.25) is 0 Å². The number of amidine groups is 1. The number of β-amino-alcohol motifs (C(OH)–C–C–N with tert-alkyl or cyclic N) is 1. The lowest BCUT2D eigenvalue weighted by atomic mass is 9.92. The molecule has 9 nitrogen and oxygen atoms in total. The third-order valence-corrected chi connectivity index (χ3v) is 8.10. The number of carbonyl (C=O) groups excluding carboxylic acids is 1. The summed E-state index contributed by atoms with van der Waals surface area (Å²) in [5, 5.41) is 19.6. The minimum Gasteiger partial charge on any atom is -0.391 e. The summed E-state index contributed by atoms with van der Waals surface area (Å²) < 4.78 is 41.5. The van der Waals surface area contributed by atoms with Crippen LogP contribution in [-0.4, -0.2) is 73.3 Å². The summed E-state index contributed by atoms with van der Waals surface area (Å²) in [5.74, 6) is 0.0212. The molecular formula is C25H23ClF3N7O2S. The van der Waals surface area contributed by atoms with Gasteiger partial charge in [-0.2, -0.15) is 13.9 Å². The summed E-state index contributed by atoms with van der Waals surface area (Å²) in [7, 11) is 0. The number of thiazole rings is 1. The van der Waals surface area contributed by atoms with Crippen molar-refractivity contribution < 1.29 is 23.1 Å². The molecule has 3 aliphatic heterocycles. The topological polar surface area (TPSA) is 98.9 Å². The van der Waals surface area contributed by atoms with Gasteiger partial charge >= 0.3 is 12.6 Å². The summed E-state index contributed by atoms with van der Waals surface area (Å²) in [5.41, 5.74) is 2.03. The van der Waals surface area contributed by atoms with Crippen LogP contribution in [-0.2, 0) is 0 Å². The summed E-state index contributed by atoms with van der Waals surface area (Å²) >= 11 is 7.86. The number of benzene rings is 1. The van der Waals surface area contributed by atoms with Crippen molar-refractivity contribution in [3.8, 4) is 0 Å². The number of aromatic nitrogens is 3. The first-order valence-corrected chi connectivity index (χ1v) is 13.5. The minimum atomic E-state index is -2.84. The fraction of sp³-hybridized carbons (Fsp3) is 0.360. The van der Waals surface area contributed by atoms with Gasteiger partial charge in [-0.05, 0) is 24.6 Å². The molecule has 0 bridgehead atoms. The second kappa shape index (κ2) is 10.3. The lowest BCUT2D eigenvalue weighted by Crippen LogP contribution is -2.45. The summed E-state index contributed by atoms with van der Waals surface area (Å²) in [6.07, 6.45) is 3.18.